The van der Waals surface area contributed by atoms with E-state index in [-0.39, 0.29) is 5.82 Å². The summed E-state index contributed by atoms with van der Waals surface area (Å²) in [7, 11) is 0. The molecule has 0 aliphatic rings. The van der Waals surface area contributed by atoms with Gasteiger partial charge in [-0.25, -0.2) is 4.39 Å². The maximum absolute atomic E-state index is 13.4. The van der Waals surface area contributed by atoms with Gasteiger partial charge in [0.05, 0.1) is 0 Å². The maximum atomic E-state index is 13.4. The second kappa shape index (κ2) is 4.11. The Labute approximate surface area is 104 Å². The van der Waals surface area contributed by atoms with Crippen LogP contribution >= 0.6 is 0 Å². The molecule has 0 bridgehead atoms. The van der Waals surface area contributed by atoms with E-state index in [1.165, 1.54) is 12.1 Å². The predicted octanol–water partition coefficient (Wildman–Crippen LogP) is 3.62. The summed E-state index contributed by atoms with van der Waals surface area (Å²) in [4.78, 5) is 4.12. The summed E-state index contributed by atoms with van der Waals surface area (Å²) in [6, 6.07) is 12.2. The van der Waals surface area contributed by atoms with Crippen molar-refractivity contribution >= 4 is 16.5 Å². The van der Waals surface area contributed by atoms with Crippen LogP contribution in [0.15, 0.2) is 54.9 Å². The van der Waals surface area contributed by atoms with E-state index in [9.17, 15) is 4.39 Å². The molecule has 0 unspecified atom stereocenters. The van der Waals surface area contributed by atoms with Gasteiger partial charge in [-0.1, -0.05) is 18.2 Å². The van der Waals surface area contributed by atoms with Crippen molar-refractivity contribution in [1.29, 1.82) is 0 Å². The Morgan fingerprint density at radius 2 is 1.89 bits per heavy atom. The Bertz CT molecular complexity index is 717. The molecule has 3 aromatic rings. The molecule has 3 rings (SSSR count). The second-order valence-corrected chi connectivity index (χ2v) is 4.13. The van der Waals surface area contributed by atoms with Gasteiger partial charge < -0.3 is 5.73 Å². The van der Waals surface area contributed by atoms with Crippen LogP contribution in [0, 0.1) is 5.82 Å². The van der Waals surface area contributed by atoms with Gasteiger partial charge in [0.25, 0.3) is 0 Å². The van der Waals surface area contributed by atoms with Crippen LogP contribution in [0.4, 0.5) is 10.1 Å². The molecule has 1 heterocycles. The van der Waals surface area contributed by atoms with Crippen molar-refractivity contribution < 1.29 is 4.39 Å². The van der Waals surface area contributed by atoms with Crippen molar-refractivity contribution in [2.24, 2.45) is 0 Å². The monoisotopic (exact) mass is 238 g/mol. The first kappa shape index (κ1) is 10.7. The number of benzene rings is 2. The van der Waals surface area contributed by atoms with Crippen LogP contribution < -0.4 is 5.73 Å². The smallest absolute Gasteiger partial charge is 0.123 e. The summed E-state index contributed by atoms with van der Waals surface area (Å²) in [6.45, 7) is 0. The molecule has 0 amide bonds. The molecule has 0 aliphatic carbocycles. The molecule has 18 heavy (non-hydrogen) atoms. The maximum Gasteiger partial charge on any atom is 0.123 e. The predicted molar refractivity (Wildman–Crippen MR) is 71.5 cm³/mol. The summed E-state index contributed by atoms with van der Waals surface area (Å²) >= 11 is 0. The highest BCUT2D eigenvalue weighted by atomic mass is 19.1. The van der Waals surface area contributed by atoms with E-state index >= 15 is 0 Å². The molecular formula is C15H11FN2. The van der Waals surface area contributed by atoms with Crippen LogP contribution in [0.5, 0.6) is 0 Å². The molecule has 0 saturated carbocycles. The second-order valence-electron chi connectivity index (χ2n) is 4.13. The molecule has 3 heteroatoms. The lowest BCUT2D eigenvalue weighted by atomic mass is 9.98. The quantitative estimate of drug-likeness (QED) is 0.657. The van der Waals surface area contributed by atoms with Crippen LogP contribution in [0.25, 0.3) is 21.9 Å². The van der Waals surface area contributed by atoms with Crippen LogP contribution in [-0.4, -0.2) is 4.98 Å². The van der Waals surface area contributed by atoms with Gasteiger partial charge >= 0.3 is 0 Å². The molecular weight excluding hydrogens is 227 g/mol. The number of anilines is 1. The summed E-state index contributed by atoms with van der Waals surface area (Å²) in [6.07, 6.45) is 3.51. The first-order chi connectivity index (χ1) is 8.75. The fourth-order valence-electron chi connectivity index (χ4n) is 2.11. The van der Waals surface area contributed by atoms with Crippen LogP contribution in [0.2, 0.25) is 0 Å². The molecule has 2 nitrogen and oxygen atoms in total. The third-order valence-electron chi connectivity index (χ3n) is 2.99. The van der Waals surface area contributed by atoms with Gasteiger partial charge in [0.1, 0.15) is 5.82 Å². The normalized spacial score (nSPS) is 10.7. The average Bonchev–Trinajstić information content (AvgIpc) is 2.41. The van der Waals surface area contributed by atoms with Crippen molar-refractivity contribution in [3.63, 3.8) is 0 Å². The zero-order chi connectivity index (χ0) is 12.5. The lowest BCUT2D eigenvalue weighted by Crippen LogP contribution is -1.92. The molecule has 0 atom stereocenters. The minimum Gasteiger partial charge on any atom is -0.398 e. The molecule has 2 aromatic carbocycles. The van der Waals surface area contributed by atoms with Gasteiger partial charge in [-0.05, 0) is 35.2 Å². The number of hydrogen-bond donors (Lipinski definition) is 1. The third-order valence-corrected chi connectivity index (χ3v) is 2.99. The van der Waals surface area contributed by atoms with Gasteiger partial charge in [-0.15, -0.1) is 0 Å². The highest BCUT2D eigenvalue weighted by Crippen LogP contribution is 2.32. The van der Waals surface area contributed by atoms with E-state index in [1.807, 2.05) is 24.3 Å². The fraction of sp³-hybridized carbons (Fsp3) is 0. The zero-order valence-corrected chi connectivity index (χ0v) is 9.60. The number of aromatic nitrogens is 1. The summed E-state index contributed by atoms with van der Waals surface area (Å²) < 4.78 is 13.4. The molecule has 0 radical (unpaired) electrons. The van der Waals surface area contributed by atoms with Crippen LogP contribution in [-0.2, 0) is 0 Å². The number of halogens is 1. The van der Waals surface area contributed by atoms with E-state index in [0.29, 0.717) is 11.3 Å². The van der Waals surface area contributed by atoms with E-state index < -0.39 is 0 Å². The Morgan fingerprint density at radius 1 is 1.00 bits per heavy atom. The molecule has 1 aromatic heterocycles. The number of hydrogen-bond acceptors (Lipinski definition) is 2. The molecule has 0 spiro atoms. The zero-order valence-electron chi connectivity index (χ0n) is 9.60. The molecule has 88 valence electrons. The van der Waals surface area contributed by atoms with E-state index in [0.717, 1.165) is 16.3 Å². The topological polar surface area (TPSA) is 38.9 Å². The third kappa shape index (κ3) is 1.70. The van der Waals surface area contributed by atoms with Crippen molar-refractivity contribution in [2.45, 2.75) is 0 Å². The highest BCUT2D eigenvalue weighted by Gasteiger charge is 2.08. The number of rotatable bonds is 1. The average molecular weight is 238 g/mol. The number of nitrogen functional groups attached to an aromatic ring is 1. The lowest BCUT2D eigenvalue weighted by Gasteiger charge is -2.09. The lowest BCUT2D eigenvalue weighted by molar-refractivity contribution is 0.628. The van der Waals surface area contributed by atoms with Gasteiger partial charge in [0.2, 0.25) is 0 Å². The number of fused-ring (bicyclic) bond motifs is 1. The SMILES string of the molecule is Nc1ccc(F)cc1-c1cccc2ccncc12. The largest absolute Gasteiger partial charge is 0.398 e. The van der Waals surface area contributed by atoms with Crippen molar-refractivity contribution in [3.8, 4) is 11.1 Å². The van der Waals surface area contributed by atoms with E-state index in [1.54, 1.807) is 18.5 Å². The summed E-state index contributed by atoms with van der Waals surface area (Å²) in [5.74, 6) is -0.292. The molecule has 0 aliphatic heterocycles. The van der Waals surface area contributed by atoms with Gasteiger partial charge in [-0.2, -0.15) is 0 Å². The van der Waals surface area contributed by atoms with Crippen molar-refractivity contribution in [3.05, 3.63) is 60.7 Å². The Morgan fingerprint density at radius 3 is 2.78 bits per heavy atom. The first-order valence-electron chi connectivity index (χ1n) is 5.64. The van der Waals surface area contributed by atoms with Gasteiger partial charge in [-0.3, -0.25) is 4.98 Å². The van der Waals surface area contributed by atoms with Crippen molar-refractivity contribution in [1.82, 2.24) is 4.98 Å². The van der Waals surface area contributed by atoms with E-state index in [4.69, 9.17) is 5.73 Å². The van der Waals surface area contributed by atoms with Crippen LogP contribution in [0.3, 0.4) is 0 Å². The molecule has 0 fully saturated rings. The fourth-order valence-corrected chi connectivity index (χ4v) is 2.11. The standard InChI is InChI=1S/C15H11FN2/c16-11-4-5-15(17)13(8-11)12-3-1-2-10-6-7-18-9-14(10)12/h1-9H,17H2. The van der Waals surface area contributed by atoms with Gasteiger partial charge in [0, 0.05) is 29.0 Å². The summed E-state index contributed by atoms with van der Waals surface area (Å²) in [5.41, 5.74) is 8.09. The number of nitrogens with two attached hydrogens (primary N) is 1. The minimum absolute atomic E-state index is 0.292. The minimum atomic E-state index is -0.292. The molecule has 0 saturated heterocycles. The molecule has 2 N–H and O–H groups in total. The summed E-state index contributed by atoms with van der Waals surface area (Å²) in [5, 5.41) is 2.03. The number of pyridine rings is 1. The van der Waals surface area contributed by atoms with Crippen LogP contribution in [0.1, 0.15) is 0 Å². The first-order valence-corrected chi connectivity index (χ1v) is 5.64. The Hall–Kier alpha value is -2.42. The highest BCUT2D eigenvalue weighted by molar-refractivity contribution is 5.98. The van der Waals surface area contributed by atoms with E-state index in [2.05, 4.69) is 4.98 Å². The number of nitrogens with zero attached hydrogens (tertiary/aromatic N) is 1. The Balaban J connectivity index is 2.35. The Kier molecular flexibility index (Phi) is 2.45. The van der Waals surface area contributed by atoms with Crippen molar-refractivity contribution in [2.75, 3.05) is 5.73 Å². The van der Waals surface area contributed by atoms with Gasteiger partial charge in [0.15, 0.2) is 0 Å².